The summed E-state index contributed by atoms with van der Waals surface area (Å²) < 4.78 is 0. The molecular weight excluding hydrogens is 322 g/mol. The van der Waals surface area contributed by atoms with Gasteiger partial charge in [0.25, 0.3) is 0 Å². The molecule has 0 aromatic heterocycles. The predicted octanol–water partition coefficient (Wildman–Crippen LogP) is 5.62. The van der Waals surface area contributed by atoms with Gasteiger partial charge in [-0.25, -0.2) is 0 Å². The summed E-state index contributed by atoms with van der Waals surface area (Å²) in [5, 5.41) is 1.19. The minimum absolute atomic E-state index is 1.19. The number of nitrogens with one attached hydrogen (secondary N) is 1. The highest BCUT2D eigenvalue weighted by Crippen LogP contribution is 2.12. The number of hydrogen-bond acceptors (Lipinski definition) is 0. The second kappa shape index (κ2) is 22.7. The average Bonchev–Trinajstić information content (AvgIpc) is 2.43. The first-order valence-electron chi connectivity index (χ1n) is 9.47. The molecule has 0 saturated heterocycles. The van der Waals surface area contributed by atoms with E-state index in [0.717, 1.165) is 0 Å². The van der Waals surface area contributed by atoms with Crippen LogP contribution in [0.15, 0.2) is 0 Å². The number of hydrogen-bond donors (Lipinski definition) is 1. The molecule has 1 N–H and O–H groups in total. The lowest BCUT2D eigenvalue weighted by atomic mass is 10.0. The molecule has 0 aliphatic carbocycles. The maximum absolute atomic E-state index is 3.48. The Morgan fingerprint density at radius 2 is 0.762 bits per heavy atom. The van der Waals surface area contributed by atoms with Gasteiger partial charge in [-0.05, 0) is 6.42 Å². The van der Waals surface area contributed by atoms with Gasteiger partial charge in [0.1, 0.15) is 0 Å². The lowest BCUT2D eigenvalue weighted by Crippen LogP contribution is -3.02. The molecule has 0 fully saturated rings. The Morgan fingerprint density at radius 1 is 0.524 bits per heavy atom. The molecule has 0 aliphatic heterocycles. The summed E-state index contributed by atoms with van der Waals surface area (Å²) in [6, 6.07) is 0. The van der Waals surface area contributed by atoms with Crippen molar-refractivity contribution in [2.45, 2.75) is 96.8 Å². The van der Waals surface area contributed by atoms with Crippen LogP contribution in [0.5, 0.6) is 0 Å². The summed E-state index contributed by atoms with van der Waals surface area (Å²) in [6.07, 6.45) is 20.3. The van der Waals surface area contributed by atoms with E-state index in [-0.39, 0.29) is 0 Å². The van der Waals surface area contributed by atoms with Crippen molar-refractivity contribution >= 4 is 15.9 Å². The lowest BCUT2D eigenvalue weighted by Gasteiger charge is -2.02. The summed E-state index contributed by atoms with van der Waals surface area (Å²) >= 11 is 3.48. The maximum Gasteiger partial charge on any atom is 0.0661 e. The third kappa shape index (κ3) is 33.3. The van der Waals surface area contributed by atoms with E-state index in [1.54, 1.807) is 0 Å². The van der Waals surface area contributed by atoms with Gasteiger partial charge in [-0.1, -0.05) is 106 Å². The van der Waals surface area contributed by atoms with Crippen molar-refractivity contribution in [3.63, 3.8) is 0 Å². The molecule has 0 radical (unpaired) electrons. The van der Waals surface area contributed by atoms with E-state index in [4.69, 9.17) is 0 Å². The minimum Gasteiger partial charge on any atom is -0.342 e. The number of halogens is 1. The van der Waals surface area contributed by atoms with Crippen molar-refractivity contribution in [3.8, 4) is 0 Å². The molecule has 1 nitrogen and oxygen atoms in total. The third-order valence-electron chi connectivity index (χ3n) is 3.49. The quantitative estimate of drug-likeness (QED) is 0.301. The first kappa shape index (κ1) is 23.7. The van der Waals surface area contributed by atoms with E-state index in [1.807, 2.05) is 0 Å². The highest BCUT2D eigenvalue weighted by molar-refractivity contribution is 9.09. The highest BCUT2D eigenvalue weighted by Gasteiger charge is 1.93. The van der Waals surface area contributed by atoms with Crippen LogP contribution in [0, 0.1) is 0 Å². The van der Waals surface area contributed by atoms with Crippen molar-refractivity contribution in [1.82, 2.24) is 0 Å². The van der Waals surface area contributed by atoms with Crippen LogP contribution in [0.1, 0.15) is 96.8 Å². The van der Waals surface area contributed by atoms with Gasteiger partial charge >= 0.3 is 0 Å². The van der Waals surface area contributed by atoms with Gasteiger partial charge in [0, 0.05) is 5.33 Å². The Morgan fingerprint density at radius 3 is 1.00 bits per heavy atom. The molecule has 0 bridgehead atoms. The molecule has 2 heteroatoms. The number of unbranched alkanes of at least 4 members (excludes halogenated alkanes) is 13. The molecule has 0 unspecified atom stereocenters. The van der Waals surface area contributed by atoms with Crippen LogP contribution in [0.2, 0.25) is 0 Å². The number of alkyl halides is 1. The van der Waals surface area contributed by atoms with E-state index >= 15 is 0 Å². The van der Waals surface area contributed by atoms with Gasteiger partial charge in [-0.2, -0.15) is 0 Å². The number of rotatable bonds is 14. The first-order valence-corrected chi connectivity index (χ1v) is 10.6. The second-order valence-corrected chi connectivity index (χ2v) is 7.58. The molecule has 130 valence electrons. The minimum atomic E-state index is 1.19. The second-order valence-electron chi connectivity index (χ2n) is 6.79. The number of quaternary nitrogens is 1. The van der Waals surface area contributed by atoms with Crippen LogP contribution in [0.4, 0.5) is 0 Å². The molecular formula is C19H43BrN+. The Balaban J connectivity index is 0. The van der Waals surface area contributed by atoms with Crippen LogP contribution in [-0.4, -0.2) is 26.5 Å². The van der Waals surface area contributed by atoms with Crippen molar-refractivity contribution in [2.75, 3.05) is 26.5 Å². The molecule has 0 aromatic rings. The van der Waals surface area contributed by atoms with E-state index in [9.17, 15) is 0 Å². The summed E-state index contributed by atoms with van der Waals surface area (Å²) in [6.45, 7) is 2.29. The summed E-state index contributed by atoms with van der Waals surface area (Å²) in [5.41, 5.74) is 0. The smallest absolute Gasteiger partial charge is 0.0661 e. The monoisotopic (exact) mass is 364 g/mol. The summed E-state index contributed by atoms with van der Waals surface area (Å²) in [5.74, 6) is 0. The summed E-state index contributed by atoms with van der Waals surface area (Å²) in [7, 11) is 6.25. The van der Waals surface area contributed by atoms with Gasteiger partial charge < -0.3 is 4.90 Å². The van der Waals surface area contributed by atoms with Crippen molar-refractivity contribution in [3.05, 3.63) is 0 Å². The zero-order valence-corrected chi connectivity index (χ0v) is 17.1. The van der Waals surface area contributed by atoms with Gasteiger partial charge in [0.05, 0.1) is 21.1 Å². The van der Waals surface area contributed by atoms with Crippen LogP contribution in [0.25, 0.3) is 0 Å². The maximum atomic E-state index is 3.48. The van der Waals surface area contributed by atoms with Crippen LogP contribution >= 0.6 is 15.9 Å². The van der Waals surface area contributed by atoms with Gasteiger partial charge in [-0.15, -0.1) is 0 Å². The molecule has 0 rings (SSSR count). The SMILES string of the molecule is CCCCCCCCCCCCCCCCBr.C[NH+](C)C. The Kier molecular flexibility index (Phi) is 25.6. The third-order valence-corrected chi connectivity index (χ3v) is 4.05. The molecule has 0 aromatic carbocycles. The van der Waals surface area contributed by atoms with E-state index in [0.29, 0.717) is 0 Å². The van der Waals surface area contributed by atoms with Crippen molar-refractivity contribution in [2.24, 2.45) is 0 Å². The standard InChI is InChI=1S/C16H33Br.C3H9N/c1-2-3-4-5-6-7-8-9-10-11-12-13-14-15-16-17;1-4(2)3/h2-16H2,1H3;1-3H3/p+1. The fraction of sp³-hybridized carbons (Fsp3) is 1.00. The van der Waals surface area contributed by atoms with Crippen LogP contribution in [0.3, 0.4) is 0 Å². The fourth-order valence-electron chi connectivity index (χ4n) is 2.29. The highest BCUT2D eigenvalue weighted by atomic mass is 79.9. The van der Waals surface area contributed by atoms with Gasteiger partial charge in [0.15, 0.2) is 0 Å². The zero-order chi connectivity index (χ0) is 16.2. The van der Waals surface area contributed by atoms with Crippen LogP contribution in [-0.2, 0) is 0 Å². The van der Waals surface area contributed by atoms with Gasteiger partial charge in [-0.3, -0.25) is 0 Å². The molecule has 0 saturated carbocycles. The lowest BCUT2D eigenvalue weighted by molar-refractivity contribution is -0.836. The average molecular weight is 365 g/mol. The Labute approximate surface area is 144 Å². The van der Waals surface area contributed by atoms with Crippen molar-refractivity contribution < 1.29 is 4.90 Å². The predicted molar refractivity (Wildman–Crippen MR) is 103 cm³/mol. The zero-order valence-electron chi connectivity index (χ0n) is 15.5. The van der Waals surface area contributed by atoms with Crippen molar-refractivity contribution in [1.29, 1.82) is 0 Å². The molecule has 0 amide bonds. The topological polar surface area (TPSA) is 4.44 Å². The van der Waals surface area contributed by atoms with Crippen LogP contribution < -0.4 is 4.90 Å². The largest absolute Gasteiger partial charge is 0.342 e. The Bertz CT molecular complexity index is 143. The molecule has 21 heavy (non-hydrogen) atoms. The molecule has 0 aliphatic rings. The summed E-state index contributed by atoms with van der Waals surface area (Å²) in [4.78, 5) is 1.42. The molecule has 0 heterocycles. The Hall–Kier alpha value is 0.440. The normalized spacial score (nSPS) is 10.6. The molecule has 0 spiro atoms. The fourth-order valence-corrected chi connectivity index (χ4v) is 2.69. The first-order chi connectivity index (χ1) is 10.1. The van der Waals surface area contributed by atoms with E-state index < -0.39 is 0 Å². The van der Waals surface area contributed by atoms with Gasteiger partial charge in [0.2, 0.25) is 0 Å². The molecule has 0 atom stereocenters. The van der Waals surface area contributed by atoms with E-state index in [1.165, 1.54) is 100 Å². The van der Waals surface area contributed by atoms with E-state index in [2.05, 4.69) is 44.0 Å².